The van der Waals surface area contributed by atoms with Crippen LogP contribution in [0.1, 0.15) is 66.8 Å². The van der Waals surface area contributed by atoms with E-state index in [2.05, 4.69) is 16.7 Å². The van der Waals surface area contributed by atoms with Gasteiger partial charge >= 0.3 is 0 Å². The Morgan fingerprint density at radius 1 is 1.07 bits per heavy atom. The normalized spacial score (nSPS) is 23.4. The Morgan fingerprint density at radius 3 is 2.56 bits per heavy atom. The van der Waals surface area contributed by atoms with Crippen LogP contribution in [0.4, 0.5) is 0 Å². The lowest BCUT2D eigenvalue weighted by molar-refractivity contribution is -0.121. The van der Waals surface area contributed by atoms with Crippen LogP contribution in [0.5, 0.6) is 0 Å². The van der Waals surface area contributed by atoms with Gasteiger partial charge in [0.15, 0.2) is 0 Å². The fourth-order valence-electron chi connectivity index (χ4n) is 4.43. The summed E-state index contributed by atoms with van der Waals surface area (Å²) in [5, 5.41) is 6.47. The van der Waals surface area contributed by atoms with Crippen LogP contribution < -0.4 is 10.6 Å². The molecule has 5 heteroatoms. The van der Waals surface area contributed by atoms with Crippen molar-refractivity contribution in [2.24, 2.45) is 5.92 Å². The summed E-state index contributed by atoms with van der Waals surface area (Å²) in [6, 6.07) is 8.58. The number of rotatable bonds is 6. The topological polar surface area (TPSA) is 61.4 Å². The maximum absolute atomic E-state index is 13.1. The molecule has 2 N–H and O–H groups in total. The third kappa shape index (κ3) is 4.70. The number of piperidine rings is 1. The smallest absolute Gasteiger partial charge is 0.254 e. The Bertz CT molecular complexity index is 672. The molecule has 5 nitrogen and oxygen atoms in total. The van der Waals surface area contributed by atoms with Crippen LogP contribution >= 0.6 is 0 Å². The highest BCUT2D eigenvalue weighted by Crippen LogP contribution is 2.29. The highest BCUT2D eigenvalue weighted by Gasteiger charge is 2.28. The molecule has 0 radical (unpaired) electrons. The molecule has 1 aromatic carbocycles. The third-order valence-electron chi connectivity index (χ3n) is 6.32. The molecule has 1 saturated carbocycles. The molecule has 0 bridgehead atoms. The van der Waals surface area contributed by atoms with Crippen LogP contribution in [0.15, 0.2) is 24.3 Å². The van der Waals surface area contributed by atoms with Crippen molar-refractivity contribution in [2.45, 2.75) is 56.9 Å². The van der Waals surface area contributed by atoms with Crippen molar-refractivity contribution in [2.75, 3.05) is 26.2 Å². The van der Waals surface area contributed by atoms with Crippen LogP contribution in [-0.4, -0.2) is 48.9 Å². The second-order valence-electron chi connectivity index (χ2n) is 8.39. The molecule has 2 aliphatic heterocycles. The van der Waals surface area contributed by atoms with Gasteiger partial charge in [-0.3, -0.25) is 9.59 Å². The largest absolute Gasteiger partial charge is 0.353 e. The fourth-order valence-corrected chi connectivity index (χ4v) is 4.43. The van der Waals surface area contributed by atoms with E-state index < -0.39 is 0 Å². The Hall–Kier alpha value is -1.88. The minimum atomic E-state index is 0.183. The van der Waals surface area contributed by atoms with Crippen LogP contribution in [0.25, 0.3) is 0 Å². The van der Waals surface area contributed by atoms with E-state index in [9.17, 15) is 9.59 Å². The summed E-state index contributed by atoms with van der Waals surface area (Å²) in [6.45, 7) is 3.62. The predicted molar refractivity (Wildman–Crippen MR) is 106 cm³/mol. The van der Waals surface area contributed by atoms with Gasteiger partial charge in [0, 0.05) is 37.7 Å². The van der Waals surface area contributed by atoms with Gasteiger partial charge in [0.2, 0.25) is 5.91 Å². The Kier molecular flexibility index (Phi) is 5.77. The molecule has 0 aromatic heterocycles. The number of amides is 2. The van der Waals surface area contributed by atoms with Crippen molar-refractivity contribution >= 4 is 11.8 Å². The second kappa shape index (κ2) is 8.42. The molecule has 1 aliphatic carbocycles. The molecular formula is C22H31N3O2. The third-order valence-corrected chi connectivity index (χ3v) is 6.32. The molecule has 1 atom stereocenters. The molecule has 27 heavy (non-hydrogen) atoms. The van der Waals surface area contributed by atoms with Crippen molar-refractivity contribution < 1.29 is 9.59 Å². The van der Waals surface area contributed by atoms with Crippen molar-refractivity contribution in [3.8, 4) is 0 Å². The van der Waals surface area contributed by atoms with Gasteiger partial charge in [0.1, 0.15) is 0 Å². The molecule has 2 amide bonds. The molecule has 2 heterocycles. The van der Waals surface area contributed by atoms with Crippen LogP contribution in [0, 0.1) is 5.92 Å². The molecule has 0 unspecified atom stereocenters. The fraction of sp³-hybridized carbons (Fsp3) is 0.636. The van der Waals surface area contributed by atoms with Gasteiger partial charge in [0.25, 0.3) is 5.91 Å². The number of nitrogens with one attached hydrogen (secondary N) is 2. The van der Waals surface area contributed by atoms with Gasteiger partial charge in [-0.1, -0.05) is 18.2 Å². The minimum absolute atomic E-state index is 0.183. The zero-order valence-electron chi connectivity index (χ0n) is 16.1. The average molecular weight is 370 g/mol. The molecule has 3 aliphatic rings. The molecule has 0 spiro atoms. The summed E-state index contributed by atoms with van der Waals surface area (Å²) in [4.78, 5) is 27.0. The Balaban J connectivity index is 1.29. The number of hydrogen-bond donors (Lipinski definition) is 2. The van der Waals surface area contributed by atoms with E-state index in [1.807, 2.05) is 23.1 Å². The molecule has 1 aromatic rings. The first kappa shape index (κ1) is 18.5. The zero-order valence-corrected chi connectivity index (χ0v) is 16.1. The molecule has 146 valence electrons. The molecule has 3 fully saturated rings. The monoisotopic (exact) mass is 369 g/mol. The van der Waals surface area contributed by atoms with Gasteiger partial charge in [-0.2, -0.15) is 0 Å². The molecule has 2 saturated heterocycles. The lowest BCUT2D eigenvalue weighted by atomic mass is 9.90. The lowest BCUT2D eigenvalue weighted by Crippen LogP contribution is -2.39. The quantitative estimate of drug-likeness (QED) is 0.810. The average Bonchev–Trinajstić information content (AvgIpc) is 3.34. The van der Waals surface area contributed by atoms with Gasteiger partial charge in [-0.25, -0.2) is 0 Å². The number of hydrogen-bond acceptors (Lipinski definition) is 3. The second-order valence-corrected chi connectivity index (χ2v) is 8.39. The van der Waals surface area contributed by atoms with Gasteiger partial charge in [-0.05, 0) is 68.5 Å². The molecule has 4 rings (SSSR count). The van der Waals surface area contributed by atoms with E-state index in [1.54, 1.807) is 0 Å². The first-order valence-corrected chi connectivity index (χ1v) is 10.6. The first-order chi connectivity index (χ1) is 13.2. The van der Waals surface area contributed by atoms with Gasteiger partial charge in [0.05, 0.1) is 0 Å². The zero-order chi connectivity index (χ0) is 18.6. The summed E-state index contributed by atoms with van der Waals surface area (Å²) in [5.74, 6) is 1.40. The van der Waals surface area contributed by atoms with Crippen LogP contribution in [0.2, 0.25) is 0 Å². The van der Waals surface area contributed by atoms with E-state index in [4.69, 9.17) is 0 Å². The number of likely N-dealkylation sites (tertiary alicyclic amines) is 1. The number of benzene rings is 1. The standard InChI is InChI=1S/C22H31N3O2/c26-21(24-18-6-7-18)8-5-16-10-13-25(14-11-16)22(27)20-4-2-1-3-19(20)17-9-12-23-15-17/h1-4,16-18,23H,5-15H2,(H,24,26)/t17-/m1/s1. The van der Waals surface area contributed by atoms with Crippen molar-refractivity contribution in [3.63, 3.8) is 0 Å². The highest BCUT2D eigenvalue weighted by molar-refractivity contribution is 5.96. The van der Waals surface area contributed by atoms with Gasteiger partial charge in [-0.15, -0.1) is 0 Å². The summed E-state index contributed by atoms with van der Waals surface area (Å²) < 4.78 is 0. The minimum Gasteiger partial charge on any atom is -0.353 e. The molecular weight excluding hydrogens is 338 g/mol. The first-order valence-electron chi connectivity index (χ1n) is 10.6. The maximum atomic E-state index is 13.1. The summed E-state index contributed by atoms with van der Waals surface area (Å²) >= 11 is 0. The van der Waals surface area contributed by atoms with Gasteiger partial charge < -0.3 is 15.5 Å². The van der Waals surface area contributed by atoms with Crippen LogP contribution in [0.3, 0.4) is 0 Å². The number of nitrogens with zero attached hydrogens (tertiary/aromatic N) is 1. The summed E-state index contributed by atoms with van der Waals surface area (Å²) in [6.07, 6.45) is 6.99. The summed E-state index contributed by atoms with van der Waals surface area (Å²) in [7, 11) is 0. The van der Waals surface area contributed by atoms with Crippen molar-refractivity contribution in [3.05, 3.63) is 35.4 Å². The van der Waals surface area contributed by atoms with Crippen LogP contribution in [-0.2, 0) is 4.79 Å². The van der Waals surface area contributed by atoms with E-state index >= 15 is 0 Å². The predicted octanol–water partition coefficient (Wildman–Crippen LogP) is 2.67. The van der Waals surface area contributed by atoms with E-state index in [0.29, 0.717) is 24.3 Å². The summed E-state index contributed by atoms with van der Waals surface area (Å²) in [5.41, 5.74) is 2.08. The lowest BCUT2D eigenvalue weighted by Gasteiger charge is -2.32. The SMILES string of the molecule is O=C(CCC1CCN(C(=O)c2ccccc2[C@@H]2CCNC2)CC1)NC1CC1. The van der Waals surface area contributed by atoms with E-state index in [1.165, 1.54) is 5.56 Å². The number of carbonyl (C=O) groups excluding carboxylic acids is 2. The Morgan fingerprint density at radius 2 is 1.85 bits per heavy atom. The van der Waals surface area contributed by atoms with Crippen molar-refractivity contribution in [1.29, 1.82) is 0 Å². The number of carbonyl (C=O) groups is 2. The highest BCUT2D eigenvalue weighted by atomic mass is 16.2. The maximum Gasteiger partial charge on any atom is 0.254 e. The van der Waals surface area contributed by atoms with E-state index in [-0.39, 0.29) is 11.8 Å². The van der Waals surface area contributed by atoms with Crippen molar-refractivity contribution in [1.82, 2.24) is 15.5 Å². The van der Waals surface area contributed by atoms with E-state index in [0.717, 1.165) is 70.3 Å². The Labute approximate surface area is 161 Å².